The van der Waals surface area contributed by atoms with Crippen molar-refractivity contribution in [3.8, 4) is 0 Å². The molecule has 0 radical (unpaired) electrons. The van der Waals surface area contributed by atoms with E-state index in [1.807, 2.05) is 0 Å². The van der Waals surface area contributed by atoms with Crippen molar-refractivity contribution in [1.29, 1.82) is 0 Å². The van der Waals surface area contributed by atoms with Gasteiger partial charge in [0, 0.05) is 25.7 Å². The Morgan fingerprint density at radius 2 is 2.00 bits per heavy atom. The van der Waals surface area contributed by atoms with E-state index in [-0.39, 0.29) is 18.9 Å². The summed E-state index contributed by atoms with van der Waals surface area (Å²) in [7, 11) is 1.56. The van der Waals surface area contributed by atoms with Gasteiger partial charge in [-0.1, -0.05) is 6.07 Å². The summed E-state index contributed by atoms with van der Waals surface area (Å²) in [5.41, 5.74) is -0.107. The van der Waals surface area contributed by atoms with Gasteiger partial charge in [0.1, 0.15) is 11.4 Å². The van der Waals surface area contributed by atoms with Gasteiger partial charge in [-0.2, -0.15) is 0 Å². The molecule has 1 aromatic rings. The van der Waals surface area contributed by atoms with Crippen molar-refractivity contribution in [2.75, 3.05) is 18.5 Å². The highest BCUT2D eigenvalue weighted by Crippen LogP contribution is 2.14. The predicted molar refractivity (Wildman–Crippen MR) is 78.7 cm³/mol. The molecule has 0 fully saturated rings. The number of nitrogens with one attached hydrogen (secondary N) is 1. The van der Waals surface area contributed by atoms with E-state index in [0.29, 0.717) is 5.69 Å². The van der Waals surface area contributed by atoms with E-state index in [4.69, 9.17) is 4.74 Å². The molecule has 1 aromatic carbocycles. The first-order chi connectivity index (χ1) is 9.69. The molecule has 21 heavy (non-hydrogen) atoms. The fraction of sp³-hybridized carbons (Fsp3) is 0.467. The number of alkyl carbamates (subject to hydrolysis) is 1. The molecule has 1 N–H and O–H groups in total. The normalized spacial score (nSPS) is 10.9. The van der Waals surface area contributed by atoms with E-state index in [0.717, 1.165) is 0 Å². The van der Waals surface area contributed by atoms with Crippen molar-refractivity contribution in [2.24, 2.45) is 0 Å². The molecule has 0 aliphatic rings. The number of hydrogen-bond donors (Lipinski definition) is 1. The highest BCUT2D eigenvalue weighted by atomic mass is 19.1. The van der Waals surface area contributed by atoms with Crippen LogP contribution >= 0.6 is 0 Å². The smallest absolute Gasteiger partial charge is 0.407 e. The van der Waals surface area contributed by atoms with Crippen molar-refractivity contribution < 1.29 is 18.7 Å². The summed E-state index contributed by atoms with van der Waals surface area (Å²) < 4.78 is 18.2. The Bertz CT molecular complexity index is 512. The van der Waals surface area contributed by atoms with Gasteiger partial charge in [-0.3, -0.25) is 4.79 Å². The van der Waals surface area contributed by atoms with Crippen LogP contribution in [0.4, 0.5) is 14.9 Å². The lowest BCUT2D eigenvalue weighted by Crippen LogP contribution is -2.35. The van der Waals surface area contributed by atoms with E-state index in [9.17, 15) is 14.0 Å². The van der Waals surface area contributed by atoms with Crippen LogP contribution in [0.3, 0.4) is 0 Å². The zero-order chi connectivity index (χ0) is 16.0. The second-order valence-corrected chi connectivity index (χ2v) is 5.61. The first-order valence-electron chi connectivity index (χ1n) is 6.68. The third kappa shape index (κ3) is 6.25. The zero-order valence-corrected chi connectivity index (χ0v) is 12.8. The van der Waals surface area contributed by atoms with Crippen molar-refractivity contribution in [1.82, 2.24) is 5.32 Å². The minimum atomic E-state index is -0.577. The number of halogens is 1. The minimum absolute atomic E-state index is 0.103. The Hall–Kier alpha value is -2.11. The van der Waals surface area contributed by atoms with Crippen molar-refractivity contribution in [2.45, 2.75) is 32.8 Å². The third-order valence-corrected chi connectivity index (χ3v) is 2.58. The Balaban J connectivity index is 2.42. The molecule has 116 valence electrons. The highest BCUT2D eigenvalue weighted by Gasteiger charge is 2.16. The van der Waals surface area contributed by atoms with E-state index in [1.54, 1.807) is 33.9 Å². The maximum Gasteiger partial charge on any atom is 0.407 e. The van der Waals surface area contributed by atoms with Gasteiger partial charge in [0.2, 0.25) is 5.91 Å². The standard InChI is InChI=1S/C15H21FN2O3/c1-15(2,3)21-14(20)17-9-8-13(19)18(4)12-7-5-6-11(16)10-12/h5-7,10H,8-9H2,1-4H3,(H,17,20). The molecule has 0 aromatic heterocycles. The average Bonchev–Trinajstić information content (AvgIpc) is 2.35. The number of carbonyl (C=O) groups excluding carboxylic acids is 2. The Kier molecular flexibility index (Phi) is 5.69. The van der Waals surface area contributed by atoms with E-state index in [2.05, 4.69) is 5.32 Å². The monoisotopic (exact) mass is 296 g/mol. The molecule has 0 spiro atoms. The molecule has 0 atom stereocenters. The van der Waals surface area contributed by atoms with Gasteiger partial charge in [-0.25, -0.2) is 9.18 Å². The van der Waals surface area contributed by atoms with Gasteiger partial charge in [-0.15, -0.1) is 0 Å². The maximum absolute atomic E-state index is 13.1. The van der Waals surface area contributed by atoms with Crippen LogP contribution in [-0.2, 0) is 9.53 Å². The van der Waals surface area contributed by atoms with Gasteiger partial charge in [0.05, 0.1) is 0 Å². The molecule has 0 bridgehead atoms. The van der Waals surface area contributed by atoms with E-state index in [1.165, 1.54) is 23.1 Å². The molecule has 2 amide bonds. The highest BCUT2D eigenvalue weighted by molar-refractivity contribution is 5.93. The van der Waals surface area contributed by atoms with Gasteiger partial charge in [0.25, 0.3) is 0 Å². The van der Waals surface area contributed by atoms with Gasteiger partial charge < -0.3 is 15.0 Å². The van der Waals surface area contributed by atoms with Crippen molar-refractivity contribution in [3.63, 3.8) is 0 Å². The van der Waals surface area contributed by atoms with Gasteiger partial charge in [0.15, 0.2) is 0 Å². The molecule has 1 rings (SSSR count). The third-order valence-electron chi connectivity index (χ3n) is 2.58. The summed E-state index contributed by atoms with van der Waals surface area (Å²) in [4.78, 5) is 24.7. The number of amides is 2. The summed E-state index contributed by atoms with van der Waals surface area (Å²) in [5, 5.41) is 2.51. The fourth-order valence-corrected chi connectivity index (χ4v) is 1.58. The summed E-state index contributed by atoms with van der Waals surface area (Å²) in [6.45, 7) is 5.44. The second-order valence-electron chi connectivity index (χ2n) is 5.61. The lowest BCUT2D eigenvalue weighted by atomic mass is 10.2. The van der Waals surface area contributed by atoms with E-state index < -0.39 is 17.5 Å². The van der Waals surface area contributed by atoms with Crippen molar-refractivity contribution >= 4 is 17.7 Å². The molecule has 0 saturated carbocycles. The van der Waals surface area contributed by atoms with Crippen LogP contribution in [0.5, 0.6) is 0 Å². The lowest BCUT2D eigenvalue weighted by molar-refractivity contribution is -0.118. The maximum atomic E-state index is 13.1. The summed E-state index contributed by atoms with van der Waals surface area (Å²) in [5.74, 6) is -0.629. The van der Waals surface area contributed by atoms with Crippen LogP contribution < -0.4 is 10.2 Å². The number of nitrogens with zero attached hydrogens (tertiary/aromatic N) is 1. The Morgan fingerprint density at radius 3 is 2.57 bits per heavy atom. The summed E-state index contributed by atoms with van der Waals surface area (Å²) >= 11 is 0. The van der Waals surface area contributed by atoms with Gasteiger partial charge in [-0.05, 0) is 39.0 Å². The second kappa shape index (κ2) is 7.06. The first kappa shape index (κ1) is 16.9. The lowest BCUT2D eigenvalue weighted by Gasteiger charge is -2.20. The molecular weight excluding hydrogens is 275 g/mol. The molecule has 0 unspecified atom stereocenters. The molecule has 0 aliphatic heterocycles. The quantitative estimate of drug-likeness (QED) is 0.929. The van der Waals surface area contributed by atoms with Crippen LogP contribution in [0.15, 0.2) is 24.3 Å². The topological polar surface area (TPSA) is 58.6 Å². The minimum Gasteiger partial charge on any atom is -0.444 e. The largest absolute Gasteiger partial charge is 0.444 e. The Morgan fingerprint density at radius 1 is 1.33 bits per heavy atom. The molecule has 0 saturated heterocycles. The molecular formula is C15H21FN2O3. The molecule has 0 heterocycles. The SMILES string of the molecule is CN(C(=O)CCNC(=O)OC(C)(C)C)c1cccc(F)c1. The van der Waals surface area contributed by atoms with Crippen LogP contribution in [0.1, 0.15) is 27.2 Å². The van der Waals surface area contributed by atoms with Gasteiger partial charge >= 0.3 is 6.09 Å². The number of benzene rings is 1. The number of rotatable bonds is 4. The number of ether oxygens (including phenoxy) is 1. The van der Waals surface area contributed by atoms with Crippen molar-refractivity contribution in [3.05, 3.63) is 30.1 Å². The Labute approximate surface area is 124 Å². The summed E-state index contributed by atoms with van der Waals surface area (Å²) in [6, 6.07) is 5.76. The number of carbonyl (C=O) groups is 2. The molecule has 6 heteroatoms. The average molecular weight is 296 g/mol. The van der Waals surface area contributed by atoms with Crippen LogP contribution in [0.25, 0.3) is 0 Å². The van der Waals surface area contributed by atoms with Crippen LogP contribution in [-0.4, -0.2) is 31.2 Å². The first-order valence-corrected chi connectivity index (χ1v) is 6.68. The molecule has 0 aliphatic carbocycles. The van der Waals surface area contributed by atoms with Crippen LogP contribution in [0, 0.1) is 5.82 Å². The van der Waals surface area contributed by atoms with Crippen LogP contribution in [0.2, 0.25) is 0 Å². The zero-order valence-electron chi connectivity index (χ0n) is 12.8. The fourth-order valence-electron chi connectivity index (χ4n) is 1.58. The van der Waals surface area contributed by atoms with E-state index >= 15 is 0 Å². The predicted octanol–water partition coefficient (Wildman–Crippen LogP) is 2.70. The molecule has 5 nitrogen and oxygen atoms in total. The number of anilines is 1. The summed E-state index contributed by atoms with van der Waals surface area (Å²) in [6.07, 6.45) is -0.463. The number of hydrogen-bond acceptors (Lipinski definition) is 3.